The summed E-state index contributed by atoms with van der Waals surface area (Å²) in [7, 11) is 0. The number of β-amino-alcohol motifs (C(OH)–C–C–N with tert-alkyl or cyclic N) is 1. The topological polar surface area (TPSA) is 53.0 Å². The van der Waals surface area contributed by atoms with Gasteiger partial charge in [-0.3, -0.25) is 9.69 Å². The number of aliphatic hydroxyl groups excluding tert-OH is 1. The molecule has 0 saturated carbocycles. The van der Waals surface area contributed by atoms with Gasteiger partial charge in [0.1, 0.15) is 5.82 Å². The Morgan fingerprint density at radius 3 is 2.70 bits per heavy atom. The summed E-state index contributed by atoms with van der Waals surface area (Å²) in [5.74, 6) is -0.520. The van der Waals surface area contributed by atoms with Crippen LogP contribution in [0.25, 0.3) is 0 Å². The first-order chi connectivity index (χ1) is 11.0. The Morgan fingerprint density at radius 2 is 2.04 bits per heavy atom. The van der Waals surface area contributed by atoms with Gasteiger partial charge in [0.15, 0.2) is 0 Å². The van der Waals surface area contributed by atoms with Gasteiger partial charge in [-0.15, -0.1) is 0 Å². The maximum atomic E-state index is 13.4. The van der Waals surface area contributed by atoms with E-state index in [2.05, 4.69) is 4.90 Å². The molecule has 0 bridgehead atoms. The number of nitrogens with zero attached hydrogens (tertiary/aromatic N) is 2. The van der Waals surface area contributed by atoms with Crippen LogP contribution in [0.5, 0.6) is 0 Å². The van der Waals surface area contributed by atoms with E-state index in [9.17, 15) is 14.3 Å². The van der Waals surface area contributed by atoms with E-state index in [1.165, 1.54) is 12.1 Å². The molecule has 0 spiro atoms. The molecule has 5 nitrogen and oxygen atoms in total. The van der Waals surface area contributed by atoms with Gasteiger partial charge in [0.25, 0.3) is 5.91 Å². The lowest BCUT2D eigenvalue weighted by atomic mass is 10.1. The van der Waals surface area contributed by atoms with Gasteiger partial charge >= 0.3 is 0 Å². The second kappa shape index (κ2) is 8.38. The van der Waals surface area contributed by atoms with Crippen LogP contribution < -0.4 is 0 Å². The van der Waals surface area contributed by atoms with Gasteiger partial charge in [0, 0.05) is 44.9 Å². The Bertz CT molecular complexity index is 531. The SMILES string of the molecule is CCOC[C@H](O)CN1CCN(C(=O)c2cc(F)ccc2C)CC1. The number of piperazine rings is 1. The number of hydrogen-bond acceptors (Lipinski definition) is 4. The first-order valence-electron chi connectivity index (χ1n) is 8.05. The Kier molecular flexibility index (Phi) is 6.50. The fourth-order valence-corrected chi connectivity index (χ4v) is 2.73. The van der Waals surface area contributed by atoms with Crippen LogP contribution in [0.15, 0.2) is 18.2 Å². The van der Waals surface area contributed by atoms with Crippen LogP contribution in [0, 0.1) is 12.7 Å². The Labute approximate surface area is 136 Å². The number of hydrogen-bond donors (Lipinski definition) is 1. The molecule has 1 aromatic rings. The molecule has 1 aliphatic heterocycles. The van der Waals surface area contributed by atoms with Crippen molar-refractivity contribution in [2.24, 2.45) is 0 Å². The molecule has 1 fully saturated rings. The van der Waals surface area contributed by atoms with Crippen molar-refractivity contribution in [2.75, 3.05) is 45.9 Å². The normalized spacial score (nSPS) is 17.3. The quantitative estimate of drug-likeness (QED) is 0.857. The van der Waals surface area contributed by atoms with E-state index in [1.54, 1.807) is 11.0 Å². The van der Waals surface area contributed by atoms with Crippen molar-refractivity contribution in [1.82, 2.24) is 9.80 Å². The monoisotopic (exact) mass is 324 g/mol. The molecule has 23 heavy (non-hydrogen) atoms. The summed E-state index contributed by atoms with van der Waals surface area (Å²) in [5.41, 5.74) is 1.21. The van der Waals surface area contributed by atoms with Crippen LogP contribution in [0.2, 0.25) is 0 Å². The fourth-order valence-electron chi connectivity index (χ4n) is 2.73. The second-order valence-electron chi connectivity index (χ2n) is 5.87. The predicted molar refractivity (Wildman–Crippen MR) is 86.0 cm³/mol. The van der Waals surface area contributed by atoms with E-state index in [4.69, 9.17) is 4.74 Å². The highest BCUT2D eigenvalue weighted by Crippen LogP contribution is 2.15. The van der Waals surface area contributed by atoms with Crippen LogP contribution in [-0.4, -0.2) is 72.9 Å². The summed E-state index contributed by atoms with van der Waals surface area (Å²) in [6, 6.07) is 4.29. The molecule has 1 N–H and O–H groups in total. The van der Waals surface area contributed by atoms with E-state index in [0.29, 0.717) is 51.5 Å². The zero-order valence-corrected chi connectivity index (χ0v) is 13.8. The first-order valence-corrected chi connectivity index (χ1v) is 8.05. The van der Waals surface area contributed by atoms with Crippen molar-refractivity contribution >= 4 is 5.91 Å². The molecule has 6 heteroatoms. The van der Waals surface area contributed by atoms with Crippen molar-refractivity contribution in [1.29, 1.82) is 0 Å². The molecule has 1 aliphatic rings. The first kappa shape index (κ1) is 17.8. The summed E-state index contributed by atoms with van der Waals surface area (Å²) in [4.78, 5) is 16.4. The average Bonchev–Trinajstić information content (AvgIpc) is 2.55. The van der Waals surface area contributed by atoms with Crippen molar-refractivity contribution in [3.8, 4) is 0 Å². The lowest BCUT2D eigenvalue weighted by molar-refractivity contribution is 0.0111. The predicted octanol–water partition coefficient (Wildman–Crippen LogP) is 1.29. The number of aryl methyl sites for hydroxylation is 1. The highest BCUT2D eigenvalue weighted by atomic mass is 19.1. The van der Waals surface area contributed by atoms with Gasteiger partial charge in [-0.25, -0.2) is 4.39 Å². The second-order valence-corrected chi connectivity index (χ2v) is 5.87. The number of carbonyl (C=O) groups excluding carboxylic acids is 1. The lowest BCUT2D eigenvalue weighted by Gasteiger charge is -2.35. The van der Waals surface area contributed by atoms with Gasteiger partial charge < -0.3 is 14.7 Å². The number of ether oxygens (including phenoxy) is 1. The molecule has 128 valence electrons. The minimum atomic E-state index is -0.511. The molecule has 1 atom stereocenters. The minimum absolute atomic E-state index is 0.128. The van der Waals surface area contributed by atoms with Crippen molar-refractivity contribution in [3.05, 3.63) is 35.1 Å². The third kappa shape index (κ3) is 4.99. The molecule has 0 aliphatic carbocycles. The van der Waals surface area contributed by atoms with E-state index < -0.39 is 11.9 Å². The van der Waals surface area contributed by atoms with E-state index in [1.807, 2.05) is 13.8 Å². The molecule has 1 amide bonds. The summed E-state index contributed by atoms with van der Waals surface area (Å²) in [5, 5.41) is 9.86. The Hall–Kier alpha value is -1.50. The Morgan fingerprint density at radius 1 is 1.35 bits per heavy atom. The molecule has 0 radical (unpaired) electrons. The molecular formula is C17H25FN2O3. The fraction of sp³-hybridized carbons (Fsp3) is 0.588. The van der Waals surface area contributed by atoms with Crippen LogP contribution >= 0.6 is 0 Å². The maximum Gasteiger partial charge on any atom is 0.254 e. The Balaban J connectivity index is 1.86. The summed E-state index contributed by atoms with van der Waals surface area (Å²) < 4.78 is 18.6. The molecule has 1 heterocycles. The third-order valence-electron chi connectivity index (χ3n) is 4.07. The van der Waals surface area contributed by atoms with E-state index in [-0.39, 0.29) is 5.91 Å². The highest BCUT2D eigenvalue weighted by Gasteiger charge is 2.24. The van der Waals surface area contributed by atoms with Gasteiger partial charge in [-0.1, -0.05) is 6.07 Å². The number of aliphatic hydroxyl groups is 1. The minimum Gasteiger partial charge on any atom is -0.389 e. The van der Waals surface area contributed by atoms with Gasteiger partial charge in [-0.2, -0.15) is 0 Å². The smallest absolute Gasteiger partial charge is 0.254 e. The highest BCUT2D eigenvalue weighted by molar-refractivity contribution is 5.95. The third-order valence-corrected chi connectivity index (χ3v) is 4.07. The van der Waals surface area contributed by atoms with Gasteiger partial charge in [0.2, 0.25) is 0 Å². The van der Waals surface area contributed by atoms with Crippen LogP contribution in [0.3, 0.4) is 0 Å². The van der Waals surface area contributed by atoms with Crippen LogP contribution in [0.4, 0.5) is 4.39 Å². The van der Waals surface area contributed by atoms with Gasteiger partial charge in [-0.05, 0) is 31.5 Å². The summed E-state index contributed by atoms with van der Waals surface area (Å²) >= 11 is 0. The molecule has 2 rings (SSSR count). The van der Waals surface area contributed by atoms with E-state index in [0.717, 1.165) is 5.56 Å². The van der Waals surface area contributed by atoms with Crippen molar-refractivity contribution in [3.63, 3.8) is 0 Å². The molecule has 0 unspecified atom stereocenters. The maximum absolute atomic E-state index is 13.4. The molecular weight excluding hydrogens is 299 g/mol. The average molecular weight is 324 g/mol. The largest absolute Gasteiger partial charge is 0.389 e. The number of benzene rings is 1. The van der Waals surface area contributed by atoms with Crippen LogP contribution in [-0.2, 0) is 4.74 Å². The number of halogens is 1. The molecule has 1 aromatic carbocycles. The molecule has 1 saturated heterocycles. The molecule has 0 aromatic heterocycles. The van der Waals surface area contributed by atoms with E-state index >= 15 is 0 Å². The zero-order valence-electron chi connectivity index (χ0n) is 13.8. The standard InChI is InChI=1S/C17H25FN2O3/c1-3-23-12-15(21)11-19-6-8-20(9-7-19)17(22)16-10-14(18)5-4-13(16)2/h4-5,10,15,21H,3,6-9,11-12H2,1-2H3/t15-/m1/s1. The zero-order chi connectivity index (χ0) is 16.8. The lowest BCUT2D eigenvalue weighted by Crippen LogP contribution is -2.51. The van der Waals surface area contributed by atoms with Crippen molar-refractivity contribution < 1.29 is 19.0 Å². The van der Waals surface area contributed by atoms with Crippen molar-refractivity contribution in [2.45, 2.75) is 20.0 Å². The number of carbonyl (C=O) groups is 1. The summed E-state index contributed by atoms with van der Waals surface area (Å²) in [6.45, 7) is 7.73. The van der Waals surface area contributed by atoms with Gasteiger partial charge in [0.05, 0.1) is 12.7 Å². The number of rotatable bonds is 6. The van der Waals surface area contributed by atoms with Crippen LogP contribution in [0.1, 0.15) is 22.8 Å². The number of amides is 1. The summed E-state index contributed by atoms with van der Waals surface area (Å²) in [6.07, 6.45) is -0.511.